The van der Waals surface area contributed by atoms with E-state index in [9.17, 15) is 14.0 Å². The van der Waals surface area contributed by atoms with Gasteiger partial charge in [0, 0.05) is 12.7 Å². The number of para-hydroxylation sites is 1. The highest BCUT2D eigenvalue weighted by atomic mass is 79.9. The number of halogens is 4. The van der Waals surface area contributed by atoms with Gasteiger partial charge in [-0.25, -0.2) is 18.6 Å². The molecule has 0 aliphatic heterocycles. The number of aromatic nitrogens is 5. The van der Waals surface area contributed by atoms with Crippen LogP contribution < -0.4 is 11.2 Å². The van der Waals surface area contributed by atoms with Crippen molar-refractivity contribution in [2.75, 3.05) is 0 Å². The lowest BCUT2D eigenvalue weighted by atomic mass is 10.2. The number of ether oxygens (including phenoxy) is 1. The van der Waals surface area contributed by atoms with Crippen LogP contribution in [0, 0.1) is 11.6 Å². The highest BCUT2D eigenvalue weighted by molar-refractivity contribution is 9.10. The maximum Gasteiger partial charge on any atom is 0.352 e. The molecule has 0 radical (unpaired) electrons. The van der Waals surface area contributed by atoms with E-state index in [2.05, 4.69) is 26.0 Å². The van der Waals surface area contributed by atoms with Crippen molar-refractivity contribution in [1.82, 2.24) is 23.9 Å². The lowest BCUT2D eigenvalue weighted by Gasteiger charge is -2.12. The zero-order valence-electron chi connectivity index (χ0n) is 19.9. The van der Waals surface area contributed by atoms with Gasteiger partial charge in [0.2, 0.25) is 0 Å². The van der Waals surface area contributed by atoms with Crippen molar-refractivity contribution in [3.8, 4) is 11.5 Å². The van der Waals surface area contributed by atoms with Gasteiger partial charge in [0.25, 0.3) is 5.56 Å². The van der Waals surface area contributed by atoms with Crippen LogP contribution in [0.3, 0.4) is 0 Å². The SMILES string of the molecule is CCn1c(COCc2ccccc2)nn(-c2nc3c(Br)cn(-c4c(F)cccc4Cl)c(=O)c3cc2F)c1=O. The first-order valence-electron chi connectivity index (χ1n) is 11.5. The molecule has 0 amide bonds. The van der Waals surface area contributed by atoms with Gasteiger partial charge in [-0.05, 0) is 46.6 Å². The Morgan fingerprint density at radius 1 is 1.03 bits per heavy atom. The molecule has 12 heteroatoms. The number of rotatable bonds is 7. The van der Waals surface area contributed by atoms with Gasteiger partial charge in [-0.1, -0.05) is 48.0 Å². The van der Waals surface area contributed by atoms with Crippen molar-refractivity contribution in [2.45, 2.75) is 26.7 Å². The average Bonchev–Trinajstić information content (AvgIpc) is 3.21. The van der Waals surface area contributed by atoms with Gasteiger partial charge in [0.05, 0.1) is 27.0 Å². The van der Waals surface area contributed by atoms with Crippen molar-refractivity contribution < 1.29 is 13.5 Å². The molecule has 0 bridgehead atoms. The standard InChI is InChI=1S/C26H19BrClF2N5O3/c1-2-33-21(14-38-13-15-7-4-3-5-8-15)32-35(26(33)37)24-20(30)11-16-22(31-24)17(27)12-34(25(16)36)23-18(28)9-6-10-19(23)29/h3-12H,2,13-14H2,1H3. The van der Waals surface area contributed by atoms with Crippen molar-refractivity contribution >= 4 is 38.4 Å². The summed E-state index contributed by atoms with van der Waals surface area (Å²) < 4.78 is 39.0. The van der Waals surface area contributed by atoms with E-state index < -0.39 is 22.9 Å². The van der Waals surface area contributed by atoms with Gasteiger partial charge < -0.3 is 4.74 Å². The van der Waals surface area contributed by atoms with Crippen LogP contribution in [-0.2, 0) is 24.5 Å². The predicted octanol–water partition coefficient (Wildman–Crippen LogP) is 5.16. The van der Waals surface area contributed by atoms with Crippen molar-refractivity contribution in [1.29, 1.82) is 0 Å². The van der Waals surface area contributed by atoms with Gasteiger partial charge in [-0.3, -0.25) is 13.9 Å². The van der Waals surface area contributed by atoms with Crippen LogP contribution in [0.5, 0.6) is 0 Å². The minimum atomic E-state index is -0.960. The number of hydrogen-bond acceptors (Lipinski definition) is 5. The van der Waals surface area contributed by atoms with Crippen molar-refractivity contribution in [3.63, 3.8) is 0 Å². The fraction of sp³-hybridized carbons (Fsp3) is 0.154. The van der Waals surface area contributed by atoms with E-state index in [1.54, 1.807) is 6.92 Å². The summed E-state index contributed by atoms with van der Waals surface area (Å²) in [6, 6.07) is 14.4. The second kappa shape index (κ2) is 10.6. The third kappa shape index (κ3) is 4.68. The molecule has 0 saturated carbocycles. The molecular formula is C26H19BrClF2N5O3. The summed E-state index contributed by atoms with van der Waals surface area (Å²) in [6.45, 7) is 2.35. The summed E-state index contributed by atoms with van der Waals surface area (Å²) in [4.78, 5) is 30.5. The Balaban J connectivity index is 1.57. The molecule has 38 heavy (non-hydrogen) atoms. The number of fused-ring (bicyclic) bond motifs is 1. The zero-order chi connectivity index (χ0) is 27.0. The summed E-state index contributed by atoms with van der Waals surface area (Å²) in [5.41, 5.74) is -0.514. The van der Waals surface area contributed by atoms with Crippen molar-refractivity contribution in [2.24, 2.45) is 0 Å². The molecule has 0 unspecified atom stereocenters. The van der Waals surface area contributed by atoms with Crippen LogP contribution in [0.15, 0.2) is 74.9 Å². The van der Waals surface area contributed by atoms with E-state index in [4.69, 9.17) is 16.3 Å². The lowest BCUT2D eigenvalue weighted by molar-refractivity contribution is 0.0989. The second-order valence-corrected chi connectivity index (χ2v) is 9.51. The number of nitrogens with zero attached hydrogens (tertiary/aromatic N) is 5. The molecule has 5 aromatic rings. The highest BCUT2D eigenvalue weighted by Crippen LogP contribution is 2.27. The molecular weight excluding hydrogens is 584 g/mol. The Morgan fingerprint density at radius 3 is 2.50 bits per heavy atom. The molecule has 0 atom stereocenters. The molecule has 2 aromatic carbocycles. The summed E-state index contributed by atoms with van der Waals surface area (Å²) in [6.07, 6.45) is 1.29. The number of pyridine rings is 2. The second-order valence-electron chi connectivity index (χ2n) is 8.25. The van der Waals surface area contributed by atoms with Crippen LogP contribution in [0.2, 0.25) is 5.02 Å². The summed E-state index contributed by atoms with van der Waals surface area (Å²) >= 11 is 9.46. The lowest BCUT2D eigenvalue weighted by Crippen LogP contribution is -2.26. The fourth-order valence-electron chi connectivity index (χ4n) is 4.05. The van der Waals surface area contributed by atoms with Crippen LogP contribution in [0.4, 0.5) is 8.78 Å². The average molecular weight is 603 g/mol. The Bertz CT molecular complexity index is 1770. The van der Waals surface area contributed by atoms with Gasteiger partial charge in [-0.2, -0.15) is 4.68 Å². The normalized spacial score (nSPS) is 11.4. The largest absolute Gasteiger partial charge is 0.369 e. The van der Waals surface area contributed by atoms with E-state index in [1.165, 1.54) is 22.9 Å². The quantitative estimate of drug-likeness (QED) is 0.257. The Kier molecular flexibility index (Phi) is 7.24. The summed E-state index contributed by atoms with van der Waals surface area (Å²) in [7, 11) is 0. The molecule has 0 fully saturated rings. The minimum Gasteiger partial charge on any atom is -0.369 e. The van der Waals surface area contributed by atoms with E-state index >= 15 is 4.39 Å². The minimum absolute atomic E-state index is 0.00192. The van der Waals surface area contributed by atoms with Crippen LogP contribution in [0.25, 0.3) is 22.4 Å². The third-order valence-electron chi connectivity index (χ3n) is 5.85. The van der Waals surface area contributed by atoms with E-state index in [-0.39, 0.29) is 45.1 Å². The zero-order valence-corrected chi connectivity index (χ0v) is 22.2. The van der Waals surface area contributed by atoms with E-state index in [0.717, 1.165) is 26.9 Å². The first kappa shape index (κ1) is 26.0. The topological polar surface area (TPSA) is 83.9 Å². The molecule has 0 aliphatic carbocycles. The summed E-state index contributed by atoms with van der Waals surface area (Å²) in [5.74, 6) is -1.78. The molecule has 0 aliphatic rings. The molecule has 8 nitrogen and oxygen atoms in total. The first-order chi connectivity index (χ1) is 18.3. The number of hydrogen-bond donors (Lipinski definition) is 0. The molecule has 194 valence electrons. The maximum atomic E-state index is 15.3. The third-order valence-corrected chi connectivity index (χ3v) is 6.74. The predicted molar refractivity (Wildman–Crippen MR) is 142 cm³/mol. The van der Waals surface area contributed by atoms with E-state index in [0.29, 0.717) is 12.4 Å². The Labute approximate surface area is 227 Å². The maximum absolute atomic E-state index is 15.3. The molecule has 3 heterocycles. The monoisotopic (exact) mass is 601 g/mol. The fourth-order valence-corrected chi connectivity index (χ4v) is 4.82. The molecule has 0 N–H and O–H groups in total. The van der Waals surface area contributed by atoms with Crippen LogP contribution in [0.1, 0.15) is 18.3 Å². The van der Waals surface area contributed by atoms with Gasteiger partial charge >= 0.3 is 5.69 Å². The van der Waals surface area contributed by atoms with Crippen LogP contribution >= 0.6 is 27.5 Å². The van der Waals surface area contributed by atoms with Gasteiger partial charge in [-0.15, -0.1) is 5.10 Å². The van der Waals surface area contributed by atoms with Crippen LogP contribution in [-0.4, -0.2) is 23.9 Å². The molecule has 5 rings (SSSR count). The highest BCUT2D eigenvalue weighted by Gasteiger charge is 2.22. The Hall–Kier alpha value is -3.67. The first-order valence-corrected chi connectivity index (χ1v) is 12.6. The van der Waals surface area contributed by atoms with Crippen molar-refractivity contribution in [3.05, 3.63) is 114 Å². The number of benzene rings is 2. The van der Waals surface area contributed by atoms with Gasteiger partial charge in [0.15, 0.2) is 17.5 Å². The molecule has 3 aromatic heterocycles. The molecule has 0 saturated heterocycles. The Morgan fingerprint density at radius 2 is 1.79 bits per heavy atom. The molecule has 0 spiro atoms. The smallest absolute Gasteiger partial charge is 0.352 e. The van der Waals surface area contributed by atoms with E-state index in [1.807, 2.05) is 30.3 Å². The van der Waals surface area contributed by atoms with Gasteiger partial charge in [0.1, 0.15) is 18.1 Å². The summed E-state index contributed by atoms with van der Waals surface area (Å²) in [5, 5.41) is 4.12.